The molecule has 0 aromatic rings. The summed E-state index contributed by atoms with van der Waals surface area (Å²) in [6, 6.07) is 0. The van der Waals surface area contributed by atoms with Crippen LogP contribution in [0.15, 0.2) is 0 Å². The molecular weight excluding hydrogens is 240 g/mol. The van der Waals surface area contributed by atoms with Gasteiger partial charge in [-0.1, -0.05) is 22.9 Å². The zero-order valence-electron chi connectivity index (χ0n) is 7.29. The third-order valence-corrected chi connectivity index (χ3v) is 5.22. The molecule has 2 nitrogen and oxygen atoms in total. The Morgan fingerprint density at radius 2 is 2.25 bits per heavy atom. The molecule has 0 radical (unpaired) electrons. The lowest BCUT2D eigenvalue weighted by atomic mass is 10.0. The first kappa shape index (κ1) is 10.5. The van der Waals surface area contributed by atoms with Crippen molar-refractivity contribution in [2.75, 3.05) is 11.5 Å². The molecule has 2 unspecified atom stereocenters. The molecule has 2 atom stereocenters. The molecule has 0 saturated carbocycles. The van der Waals surface area contributed by atoms with E-state index >= 15 is 0 Å². The fourth-order valence-electron chi connectivity index (χ4n) is 1.59. The number of sulfone groups is 1. The number of alkyl halides is 1. The van der Waals surface area contributed by atoms with E-state index in [-0.39, 0.29) is 0 Å². The molecule has 0 aliphatic carbocycles. The Morgan fingerprint density at radius 3 is 2.67 bits per heavy atom. The summed E-state index contributed by atoms with van der Waals surface area (Å²) < 4.78 is 22.2. The van der Waals surface area contributed by atoms with E-state index in [0.717, 1.165) is 19.3 Å². The van der Waals surface area contributed by atoms with E-state index in [1.165, 1.54) is 0 Å². The normalized spacial score (nSPS) is 30.3. The first-order chi connectivity index (χ1) is 5.53. The van der Waals surface area contributed by atoms with E-state index in [0.29, 0.717) is 22.3 Å². The van der Waals surface area contributed by atoms with Crippen LogP contribution in [0, 0.1) is 5.92 Å². The van der Waals surface area contributed by atoms with Crippen LogP contribution in [-0.2, 0) is 9.84 Å². The highest BCUT2D eigenvalue weighted by atomic mass is 79.9. The Morgan fingerprint density at radius 1 is 1.58 bits per heavy atom. The van der Waals surface area contributed by atoms with E-state index in [1.54, 1.807) is 0 Å². The molecule has 0 spiro atoms. The van der Waals surface area contributed by atoms with Crippen molar-refractivity contribution in [2.45, 2.75) is 31.0 Å². The molecule has 0 bridgehead atoms. The summed E-state index contributed by atoms with van der Waals surface area (Å²) in [5.41, 5.74) is 0. The zero-order valence-corrected chi connectivity index (χ0v) is 9.70. The van der Waals surface area contributed by atoms with Gasteiger partial charge >= 0.3 is 0 Å². The second-order valence-electron chi connectivity index (χ2n) is 3.51. The monoisotopic (exact) mass is 254 g/mol. The molecule has 1 rings (SSSR count). The number of halogens is 1. The van der Waals surface area contributed by atoms with Crippen LogP contribution in [0.2, 0.25) is 0 Å². The summed E-state index contributed by atoms with van der Waals surface area (Å²) in [5.74, 6) is 1.22. The topological polar surface area (TPSA) is 34.1 Å². The SMILES string of the molecule is CCC(Br)CC1CCS(=O)(=O)C1. The molecule has 1 aliphatic rings. The van der Waals surface area contributed by atoms with Gasteiger partial charge in [0.15, 0.2) is 9.84 Å². The van der Waals surface area contributed by atoms with Gasteiger partial charge in [0.1, 0.15) is 0 Å². The quantitative estimate of drug-likeness (QED) is 0.723. The summed E-state index contributed by atoms with van der Waals surface area (Å²) in [7, 11) is -2.67. The Bertz CT molecular complexity index is 235. The van der Waals surface area contributed by atoms with Gasteiger partial charge < -0.3 is 0 Å². The van der Waals surface area contributed by atoms with E-state index in [9.17, 15) is 8.42 Å². The second-order valence-corrected chi connectivity index (χ2v) is 7.03. The minimum atomic E-state index is -2.67. The summed E-state index contributed by atoms with van der Waals surface area (Å²) in [5, 5.41) is 0. The van der Waals surface area contributed by atoms with Crippen LogP contribution in [0.3, 0.4) is 0 Å². The Kier molecular flexibility index (Phi) is 3.58. The lowest BCUT2D eigenvalue weighted by Gasteiger charge is -2.10. The predicted octanol–water partition coefficient (Wildman–Crippen LogP) is 1.98. The van der Waals surface area contributed by atoms with Gasteiger partial charge in [-0.25, -0.2) is 8.42 Å². The Hall–Kier alpha value is 0.430. The van der Waals surface area contributed by atoms with Crippen LogP contribution >= 0.6 is 15.9 Å². The first-order valence-electron chi connectivity index (χ1n) is 4.38. The maximum Gasteiger partial charge on any atom is 0.150 e. The molecule has 0 aromatic heterocycles. The molecule has 0 aromatic carbocycles. The Labute approximate surface area is 82.8 Å². The van der Waals surface area contributed by atoms with Crippen LogP contribution in [0.4, 0.5) is 0 Å². The van der Waals surface area contributed by atoms with Crippen molar-refractivity contribution in [3.8, 4) is 0 Å². The van der Waals surface area contributed by atoms with Crippen LogP contribution in [0.25, 0.3) is 0 Å². The number of hydrogen-bond acceptors (Lipinski definition) is 2. The van der Waals surface area contributed by atoms with Gasteiger partial charge in [0.05, 0.1) is 11.5 Å². The zero-order chi connectivity index (χ0) is 9.19. The first-order valence-corrected chi connectivity index (χ1v) is 7.11. The molecule has 0 N–H and O–H groups in total. The maximum atomic E-state index is 11.1. The standard InChI is InChI=1S/C8H15BrO2S/c1-2-8(9)5-7-3-4-12(10,11)6-7/h7-8H,2-6H2,1H3. The lowest BCUT2D eigenvalue weighted by molar-refractivity contribution is 0.527. The third kappa shape index (κ3) is 3.05. The Balaban J connectivity index is 2.38. The molecule has 72 valence electrons. The van der Waals surface area contributed by atoms with Crippen molar-refractivity contribution < 1.29 is 8.42 Å². The fourth-order valence-corrected chi connectivity index (χ4v) is 4.00. The van der Waals surface area contributed by atoms with Crippen LogP contribution in [0.1, 0.15) is 26.2 Å². The van der Waals surface area contributed by atoms with Crippen molar-refractivity contribution >= 4 is 25.8 Å². The van der Waals surface area contributed by atoms with Gasteiger partial charge in [-0.05, 0) is 25.2 Å². The largest absolute Gasteiger partial charge is 0.229 e. The van der Waals surface area contributed by atoms with E-state index < -0.39 is 9.84 Å². The van der Waals surface area contributed by atoms with Gasteiger partial charge in [0, 0.05) is 4.83 Å². The number of rotatable bonds is 3. The predicted molar refractivity (Wildman–Crippen MR) is 54.4 cm³/mol. The molecule has 4 heteroatoms. The van der Waals surface area contributed by atoms with Gasteiger partial charge in [-0.3, -0.25) is 0 Å². The van der Waals surface area contributed by atoms with Gasteiger partial charge in [-0.2, -0.15) is 0 Å². The van der Waals surface area contributed by atoms with Crippen molar-refractivity contribution in [2.24, 2.45) is 5.92 Å². The molecule has 12 heavy (non-hydrogen) atoms. The van der Waals surface area contributed by atoms with Gasteiger partial charge in [-0.15, -0.1) is 0 Å². The van der Waals surface area contributed by atoms with Gasteiger partial charge in [0.2, 0.25) is 0 Å². The molecule has 1 aliphatic heterocycles. The average Bonchev–Trinajstić information content (AvgIpc) is 2.30. The van der Waals surface area contributed by atoms with Gasteiger partial charge in [0.25, 0.3) is 0 Å². The van der Waals surface area contributed by atoms with Crippen LogP contribution in [0.5, 0.6) is 0 Å². The minimum Gasteiger partial charge on any atom is -0.229 e. The highest BCUT2D eigenvalue weighted by Gasteiger charge is 2.28. The molecule has 0 amide bonds. The van der Waals surface area contributed by atoms with Crippen molar-refractivity contribution in [1.29, 1.82) is 0 Å². The van der Waals surface area contributed by atoms with Crippen molar-refractivity contribution in [3.63, 3.8) is 0 Å². The molecule has 1 heterocycles. The van der Waals surface area contributed by atoms with E-state index in [1.807, 2.05) is 0 Å². The molecule has 1 saturated heterocycles. The van der Waals surface area contributed by atoms with Crippen LogP contribution < -0.4 is 0 Å². The third-order valence-electron chi connectivity index (χ3n) is 2.36. The fraction of sp³-hybridized carbons (Fsp3) is 1.00. The molecular formula is C8H15BrO2S. The van der Waals surface area contributed by atoms with E-state index in [2.05, 4.69) is 22.9 Å². The summed E-state index contributed by atoms with van der Waals surface area (Å²) >= 11 is 3.53. The highest BCUT2D eigenvalue weighted by molar-refractivity contribution is 9.09. The number of hydrogen-bond donors (Lipinski definition) is 0. The van der Waals surface area contributed by atoms with Crippen molar-refractivity contribution in [3.05, 3.63) is 0 Å². The smallest absolute Gasteiger partial charge is 0.150 e. The maximum absolute atomic E-state index is 11.1. The second kappa shape index (κ2) is 4.09. The van der Waals surface area contributed by atoms with Crippen LogP contribution in [-0.4, -0.2) is 24.8 Å². The van der Waals surface area contributed by atoms with Crippen molar-refractivity contribution in [1.82, 2.24) is 0 Å². The summed E-state index contributed by atoms with van der Waals surface area (Å²) in [6.45, 7) is 2.11. The molecule has 1 fully saturated rings. The lowest BCUT2D eigenvalue weighted by Crippen LogP contribution is -2.09. The van der Waals surface area contributed by atoms with E-state index in [4.69, 9.17) is 0 Å². The minimum absolute atomic E-state index is 0.402. The summed E-state index contributed by atoms with van der Waals surface area (Å²) in [6.07, 6.45) is 2.96. The highest BCUT2D eigenvalue weighted by Crippen LogP contribution is 2.26. The summed E-state index contributed by atoms with van der Waals surface area (Å²) in [4.78, 5) is 0.496. The average molecular weight is 255 g/mol.